The van der Waals surface area contributed by atoms with Crippen LogP contribution in [-0.4, -0.2) is 32.7 Å². The predicted octanol–water partition coefficient (Wildman–Crippen LogP) is 4.87. The molecule has 0 radical (unpaired) electrons. The summed E-state index contributed by atoms with van der Waals surface area (Å²) in [6.07, 6.45) is 0. The molecule has 1 unspecified atom stereocenters. The van der Waals surface area contributed by atoms with Crippen molar-refractivity contribution in [3.8, 4) is 5.75 Å². The van der Waals surface area contributed by atoms with Crippen molar-refractivity contribution in [2.75, 3.05) is 17.1 Å². The van der Waals surface area contributed by atoms with Crippen molar-refractivity contribution in [1.82, 2.24) is 9.97 Å². The molecule has 4 rings (SSSR count). The van der Waals surface area contributed by atoms with Crippen molar-refractivity contribution < 1.29 is 19.2 Å². The summed E-state index contributed by atoms with van der Waals surface area (Å²) in [6.45, 7) is 0. The average molecular weight is 469 g/mol. The summed E-state index contributed by atoms with van der Waals surface area (Å²) >= 11 is 4.52. The van der Waals surface area contributed by atoms with Crippen LogP contribution in [0.4, 0.5) is 17.3 Å². The monoisotopic (exact) mass is 468 g/mol. The number of rotatable bonds is 7. The van der Waals surface area contributed by atoms with E-state index in [1.165, 1.54) is 18.2 Å². The summed E-state index contributed by atoms with van der Waals surface area (Å²) in [4.78, 5) is 20.7. The zero-order valence-electron chi connectivity index (χ0n) is 16.7. The van der Waals surface area contributed by atoms with Crippen molar-refractivity contribution in [2.45, 2.75) is 4.90 Å². The maximum absolute atomic E-state index is 13.0. The van der Waals surface area contributed by atoms with Gasteiger partial charge in [0.15, 0.2) is 10.7 Å². The number of nitrogens with zero attached hydrogens (tertiary/aromatic N) is 2. The van der Waals surface area contributed by atoms with E-state index in [0.717, 1.165) is 0 Å². The molecule has 0 aliphatic carbocycles. The van der Waals surface area contributed by atoms with E-state index >= 15 is 0 Å². The molecule has 3 aromatic carbocycles. The Morgan fingerprint density at radius 2 is 1.75 bits per heavy atom. The molecular formula is C22H17ClN4O4S. The number of hydrogen-bond donors (Lipinski definition) is 3. The lowest BCUT2D eigenvalue weighted by Gasteiger charge is -2.16. The first-order chi connectivity index (χ1) is 15.4. The van der Waals surface area contributed by atoms with Gasteiger partial charge in [0.1, 0.15) is 17.1 Å². The van der Waals surface area contributed by atoms with Gasteiger partial charge < -0.3 is 19.7 Å². The number of para-hydroxylation sites is 2. The second-order valence-corrected chi connectivity index (χ2v) is 8.20. The zero-order valence-corrected chi connectivity index (χ0v) is 18.3. The first-order valence-electron chi connectivity index (χ1n) is 9.34. The molecule has 1 atom stereocenters. The number of carbonyl (C=O) groups is 1. The average Bonchev–Trinajstić information content (AvgIpc) is 2.80. The minimum atomic E-state index is -1.80. The lowest BCUT2D eigenvalue weighted by atomic mass is 10.2. The molecule has 32 heavy (non-hydrogen) atoms. The molecule has 0 saturated carbocycles. The summed E-state index contributed by atoms with van der Waals surface area (Å²) in [5.41, 5.74) is 1.77. The van der Waals surface area contributed by atoms with Gasteiger partial charge >= 0.3 is 5.97 Å². The highest BCUT2D eigenvalue weighted by molar-refractivity contribution is 7.92. The Labute approximate surface area is 191 Å². The minimum absolute atomic E-state index is 0.0313. The Balaban J connectivity index is 1.73. The number of carboxylic acids is 1. The van der Waals surface area contributed by atoms with E-state index in [9.17, 15) is 14.5 Å². The van der Waals surface area contributed by atoms with Crippen LogP contribution in [0.3, 0.4) is 0 Å². The van der Waals surface area contributed by atoms with Crippen LogP contribution in [0.15, 0.2) is 71.6 Å². The van der Waals surface area contributed by atoms with Crippen LogP contribution in [0.2, 0.25) is 5.02 Å². The number of nitrogens with one attached hydrogen (secondary N) is 2. The third-order valence-corrected chi connectivity index (χ3v) is 5.87. The molecule has 0 saturated heterocycles. The Kier molecular flexibility index (Phi) is 6.31. The van der Waals surface area contributed by atoms with Gasteiger partial charge in [-0.1, -0.05) is 29.8 Å². The summed E-state index contributed by atoms with van der Waals surface area (Å²) in [5, 5.41) is 12.8. The molecule has 8 nitrogen and oxygen atoms in total. The molecule has 1 aromatic heterocycles. The topological polar surface area (TPSA) is 119 Å². The van der Waals surface area contributed by atoms with E-state index in [1.807, 2.05) is 12.1 Å². The number of anilines is 3. The predicted molar refractivity (Wildman–Crippen MR) is 124 cm³/mol. The molecule has 0 aliphatic heterocycles. The van der Waals surface area contributed by atoms with E-state index in [1.54, 1.807) is 43.5 Å². The highest BCUT2D eigenvalue weighted by Gasteiger charge is 2.20. The van der Waals surface area contributed by atoms with Crippen molar-refractivity contribution in [2.24, 2.45) is 0 Å². The van der Waals surface area contributed by atoms with Crippen molar-refractivity contribution in [1.29, 1.82) is 0 Å². The van der Waals surface area contributed by atoms with Crippen LogP contribution < -0.4 is 14.8 Å². The van der Waals surface area contributed by atoms with Gasteiger partial charge in [0, 0.05) is 12.1 Å². The van der Waals surface area contributed by atoms with Gasteiger partial charge in [0.05, 0.1) is 34.4 Å². The van der Waals surface area contributed by atoms with Crippen LogP contribution >= 0.6 is 11.6 Å². The number of aromatic carboxylic acids is 1. The second kappa shape index (κ2) is 9.31. The fourth-order valence-corrected chi connectivity index (χ4v) is 3.94. The Morgan fingerprint density at radius 3 is 2.44 bits per heavy atom. The van der Waals surface area contributed by atoms with Crippen LogP contribution in [-0.2, 0) is 11.4 Å². The quantitative estimate of drug-likeness (QED) is 0.329. The number of halogens is 1. The fourth-order valence-electron chi connectivity index (χ4n) is 2.90. The van der Waals surface area contributed by atoms with Gasteiger partial charge in [0.2, 0.25) is 5.82 Å². The normalized spacial score (nSPS) is 11.7. The molecular weight excluding hydrogens is 452 g/mol. The highest BCUT2D eigenvalue weighted by atomic mass is 35.5. The second-order valence-electron chi connectivity index (χ2n) is 6.58. The van der Waals surface area contributed by atoms with E-state index in [4.69, 9.17) is 16.3 Å². The van der Waals surface area contributed by atoms with Crippen molar-refractivity contribution in [3.63, 3.8) is 0 Å². The molecule has 10 heteroatoms. The number of methoxy groups -OCH3 is 1. The molecule has 0 amide bonds. The fraction of sp³-hybridized carbons (Fsp3) is 0.0455. The van der Waals surface area contributed by atoms with E-state index < -0.39 is 17.3 Å². The lowest BCUT2D eigenvalue weighted by Crippen LogP contribution is -2.16. The number of hydrogen-bond acceptors (Lipinski definition) is 7. The number of fused-ring (bicyclic) bond motifs is 1. The molecule has 4 aromatic rings. The first-order valence-corrected chi connectivity index (χ1v) is 10.9. The van der Waals surface area contributed by atoms with Gasteiger partial charge in [-0.15, -0.1) is 0 Å². The molecule has 0 bridgehead atoms. The standard InChI is InChI=1S/C22H17ClN4O4S/c1-31-14-9-10-16(23)19(12-14)26-20-21(25-18-8-3-2-7-17(18)24-20)27-32(30)15-6-4-5-13(11-15)22(28)29/h2-12H,1H3,(H,24,26)(H,25,27)(H,28,29). The Morgan fingerprint density at radius 1 is 1.03 bits per heavy atom. The highest BCUT2D eigenvalue weighted by Crippen LogP contribution is 2.32. The number of benzene rings is 3. The van der Waals surface area contributed by atoms with E-state index in [0.29, 0.717) is 33.3 Å². The Hall–Kier alpha value is -3.53. The van der Waals surface area contributed by atoms with E-state index in [2.05, 4.69) is 20.0 Å². The zero-order chi connectivity index (χ0) is 22.7. The van der Waals surface area contributed by atoms with Gasteiger partial charge in [-0.25, -0.2) is 14.8 Å². The third-order valence-electron chi connectivity index (χ3n) is 4.48. The van der Waals surface area contributed by atoms with Gasteiger partial charge in [-0.3, -0.25) is 0 Å². The smallest absolute Gasteiger partial charge is 0.335 e. The Bertz CT molecular complexity index is 1300. The van der Waals surface area contributed by atoms with Crippen LogP contribution in [0.1, 0.15) is 10.4 Å². The van der Waals surface area contributed by atoms with Crippen molar-refractivity contribution >= 4 is 57.3 Å². The van der Waals surface area contributed by atoms with Crippen LogP contribution in [0.5, 0.6) is 5.75 Å². The largest absolute Gasteiger partial charge is 0.588 e. The molecule has 0 fully saturated rings. The summed E-state index contributed by atoms with van der Waals surface area (Å²) in [6, 6.07) is 18.2. The first kappa shape index (κ1) is 21.7. The minimum Gasteiger partial charge on any atom is -0.588 e. The van der Waals surface area contributed by atoms with Crippen molar-refractivity contribution in [3.05, 3.63) is 77.3 Å². The summed E-state index contributed by atoms with van der Waals surface area (Å²) < 4.78 is 21.0. The van der Waals surface area contributed by atoms with Crippen LogP contribution in [0.25, 0.3) is 11.0 Å². The summed E-state index contributed by atoms with van der Waals surface area (Å²) in [7, 11) is 1.55. The number of aromatic nitrogens is 2. The van der Waals surface area contributed by atoms with E-state index in [-0.39, 0.29) is 16.3 Å². The molecule has 0 spiro atoms. The molecule has 0 aliphatic rings. The van der Waals surface area contributed by atoms with Gasteiger partial charge in [-0.05, 0) is 36.4 Å². The molecule has 3 N–H and O–H groups in total. The maximum atomic E-state index is 13.0. The third kappa shape index (κ3) is 4.70. The van der Waals surface area contributed by atoms with Gasteiger partial charge in [0.25, 0.3) is 0 Å². The molecule has 1 heterocycles. The number of ether oxygens (including phenoxy) is 1. The lowest BCUT2D eigenvalue weighted by molar-refractivity contribution is 0.0696. The molecule has 162 valence electrons. The SMILES string of the molecule is COc1ccc(Cl)c(Nc2nc3ccccc3nc2N[S+]([O-])c2cccc(C(=O)O)c2)c1. The summed E-state index contributed by atoms with van der Waals surface area (Å²) in [5.74, 6) is -0.0122. The number of carboxylic acid groups (broad SMARTS) is 1. The van der Waals surface area contributed by atoms with Crippen LogP contribution in [0, 0.1) is 0 Å². The maximum Gasteiger partial charge on any atom is 0.335 e. The van der Waals surface area contributed by atoms with Gasteiger partial charge in [-0.2, -0.15) is 4.72 Å².